The van der Waals surface area contributed by atoms with Gasteiger partial charge in [0.15, 0.2) is 0 Å². The van der Waals surface area contributed by atoms with Crippen molar-refractivity contribution in [1.29, 1.82) is 0 Å². The molecule has 1 aliphatic rings. The quantitative estimate of drug-likeness (QED) is 0.668. The van der Waals surface area contributed by atoms with E-state index in [9.17, 15) is 0 Å². The second-order valence-corrected chi connectivity index (χ2v) is 5.21. The lowest BCUT2D eigenvalue weighted by Crippen LogP contribution is -2.22. The van der Waals surface area contributed by atoms with Crippen molar-refractivity contribution >= 4 is 11.6 Å². The standard InChI is InChI=1S/C14H19Cl/c1-12-6-2-3-7-13(12)10-14(11-15)8-4-5-9-14/h2-3,6-7H,4-5,8-11H2,1H3. The molecule has 0 unspecified atom stereocenters. The van der Waals surface area contributed by atoms with E-state index in [0.29, 0.717) is 5.41 Å². The molecular formula is C14H19Cl. The van der Waals surface area contributed by atoms with Gasteiger partial charge in [-0.25, -0.2) is 0 Å². The Bertz CT molecular complexity index is 324. The molecule has 0 atom stereocenters. The highest BCUT2D eigenvalue weighted by Gasteiger charge is 2.33. The molecule has 0 amide bonds. The number of benzene rings is 1. The lowest BCUT2D eigenvalue weighted by molar-refractivity contribution is 0.340. The zero-order valence-corrected chi connectivity index (χ0v) is 10.2. The van der Waals surface area contributed by atoms with E-state index in [1.54, 1.807) is 0 Å². The highest BCUT2D eigenvalue weighted by atomic mass is 35.5. The van der Waals surface area contributed by atoms with Crippen LogP contribution in [0.3, 0.4) is 0 Å². The molecule has 1 heteroatoms. The molecule has 0 N–H and O–H groups in total. The number of halogens is 1. The Labute approximate surface area is 97.6 Å². The molecule has 15 heavy (non-hydrogen) atoms. The molecule has 82 valence electrons. The number of rotatable bonds is 3. The molecule has 0 bridgehead atoms. The molecule has 1 saturated carbocycles. The SMILES string of the molecule is Cc1ccccc1CC1(CCl)CCCC1. The molecular weight excluding hydrogens is 204 g/mol. The van der Waals surface area contributed by atoms with Crippen LogP contribution in [-0.2, 0) is 6.42 Å². The van der Waals surface area contributed by atoms with Crippen molar-refractivity contribution in [2.24, 2.45) is 5.41 Å². The predicted molar refractivity (Wildman–Crippen MR) is 66.5 cm³/mol. The normalized spacial score (nSPS) is 19.3. The molecule has 0 aromatic heterocycles. The zero-order chi connectivity index (χ0) is 10.7. The Hall–Kier alpha value is -0.490. The van der Waals surface area contributed by atoms with Gasteiger partial charge in [-0.3, -0.25) is 0 Å². The van der Waals surface area contributed by atoms with Gasteiger partial charge < -0.3 is 0 Å². The van der Waals surface area contributed by atoms with Crippen LogP contribution >= 0.6 is 11.6 Å². The van der Waals surface area contributed by atoms with Crippen molar-refractivity contribution in [1.82, 2.24) is 0 Å². The van der Waals surface area contributed by atoms with Crippen LogP contribution in [0.1, 0.15) is 36.8 Å². The summed E-state index contributed by atoms with van der Waals surface area (Å²) in [5.74, 6) is 0.821. The van der Waals surface area contributed by atoms with Crippen LogP contribution in [0.4, 0.5) is 0 Å². The predicted octanol–water partition coefficient (Wildman–Crippen LogP) is 4.34. The van der Waals surface area contributed by atoms with E-state index < -0.39 is 0 Å². The van der Waals surface area contributed by atoms with Crippen LogP contribution in [0, 0.1) is 12.3 Å². The van der Waals surface area contributed by atoms with E-state index in [0.717, 1.165) is 5.88 Å². The van der Waals surface area contributed by atoms with Crippen molar-refractivity contribution in [2.75, 3.05) is 5.88 Å². The van der Waals surface area contributed by atoms with Crippen molar-refractivity contribution in [3.8, 4) is 0 Å². The van der Waals surface area contributed by atoms with Crippen LogP contribution in [-0.4, -0.2) is 5.88 Å². The molecule has 0 aliphatic heterocycles. The zero-order valence-electron chi connectivity index (χ0n) is 9.43. The Morgan fingerprint density at radius 1 is 1.20 bits per heavy atom. The van der Waals surface area contributed by atoms with Gasteiger partial charge in [-0.2, -0.15) is 0 Å². The summed E-state index contributed by atoms with van der Waals surface area (Å²) in [6.45, 7) is 2.20. The molecule has 0 saturated heterocycles. The van der Waals surface area contributed by atoms with Gasteiger partial charge in [0.05, 0.1) is 0 Å². The van der Waals surface area contributed by atoms with Gasteiger partial charge in [0.25, 0.3) is 0 Å². The van der Waals surface area contributed by atoms with Crippen LogP contribution in [0.5, 0.6) is 0 Å². The van der Waals surface area contributed by atoms with Crippen molar-refractivity contribution in [3.05, 3.63) is 35.4 Å². The van der Waals surface area contributed by atoms with E-state index in [1.165, 1.54) is 43.2 Å². The lowest BCUT2D eigenvalue weighted by atomic mass is 9.81. The third-order valence-corrected chi connectivity index (χ3v) is 4.34. The fraction of sp³-hybridized carbons (Fsp3) is 0.571. The third-order valence-electron chi connectivity index (χ3n) is 3.77. The largest absolute Gasteiger partial charge is 0.126 e. The Morgan fingerprint density at radius 3 is 2.47 bits per heavy atom. The Morgan fingerprint density at radius 2 is 1.87 bits per heavy atom. The van der Waals surface area contributed by atoms with E-state index in [2.05, 4.69) is 31.2 Å². The van der Waals surface area contributed by atoms with E-state index >= 15 is 0 Å². The summed E-state index contributed by atoms with van der Waals surface area (Å²) < 4.78 is 0. The highest BCUT2D eigenvalue weighted by molar-refractivity contribution is 6.18. The third kappa shape index (κ3) is 2.36. The summed E-state index contributed by atoms with van der Waals surface area (Å²) in [4.78, 5) is 0. The molecule has 2 rings (SSSR count). The smallest absolute Gasteiger partial charge is 0.0283 e. The topological polar surface area (TPSA) is 0 Å². The second kappa shape index (κ2) is 4.57. The van der Waals surface area contributed by atoms with Gasteiger partial charge in [-0.15, -0.1) is 11.6 Å². The molecule has 0 heterocycles. The maximum absolute atomic E-state index is 6.17. The number of alkyl halides is 1. The number of hydrogen-bond acceptors (Lipinski definition) is 0. The Kier molecular flexibility index (Phi) is 3.35. The Balaban J connectivity index is 2.16. The van der Waals surface area contributed by atoms with Gasteiger partial charge in [-0.05, 0) is 42.7 Å². The minimum absolute atomic E-state index is 0.396. The average Bonchev–Trinajstić information content (AvgIpc) is 2.71. The van der Waals surface area contributed by atoms with Crippen molar-refractivity contribution in [3.63, 3.8) is 0 Å². The van der Waals surface area contributed by atoms with Crippen LogP contribution in [0.25, 0.3) is 0 Å². The molecule has 1 fully saturated rings. The second-order valence-electron chi connectivity index (χ2n) is 4.94. The maximum atomic E-state index is 6.17. The van der Waals surface area contributed by atoms with Gasteiger partial charge in [0.1, 0.15) is 0 Å². The molecule has 0 nitrogen and oxygen atoms in total. The first-order valence-electron chi connectivity index (χ1n) is 5.86. The van der Waals surface area contributed by atoms with E-state index in [1.807, 2.05) is 0 Å². The fourth-order valence-electron chi connectivity index (χ4n) is 2.70. The molecule has 0 spiro atoms. The van der Waals surface area contributed by atoms with Crippen molar-refractivity contribution in [2.45, 2.75) is 39.0 Å². The average molecular weight is 223 g/mol. The number of aryl methyl sites for hydroxylation is 1. The number of hydrogen-bond donors (Lipinski definition) is 0. The van der Waals surface area contributed by atoms with Gasteiger partial charge in [0.2, 0.25) is 0 Å². The van der Waals surface area contributed by atoms with Crippen LogP contribution in [0.15, 0.2) is 24.3 Å². The highest BCUT2D eigenvalue weighted by Crippen LogP contribution is 2.42. The molecule has 1 aliphatic carbocycles. The summed E-state index contributed by atoms with van der Waals surface area (Å²) in [6, 6.07) is 8.70. The van der Waals surface area contributed by atoms with E-state index in [-0.39, 0.29) is 0 Å². The minimum Gasteiger partial charge on any atom is -0.126 e. The summed E-state index contributed by atoms with van der Waals surface area (Å²) in [6.07, 6.45) is 6.51. The first-order valence-corrected chi connectivity index (χ1v) is 6.40. The monoisotopic (exact) mass is 222 g/mol. The minimum atomic E-state index is 0.396. The lowest BCUT2D eigenvalue weighted by Gasteiger charge is -2.27. The summed E-state index contributed by atoms with van der Waals surface area (Å²) >= 11 is 6.17. The van der Waals surface area contributed by atoms with Crippen molar-refractivity contribution < 1.29 is 0 Å². The summed E-state index contributed by atoms with van der Waals surface area (Å²) in [5, 5.41) is 0. The maximum Gasteiger partial charge on any atom is 0.0283 e. The molecule has 1 aromatic carbocycles. The molecule has 1 aromatic rings. The summed E-state index contributed by atoms with van der Waals surface area (Å²) in [7, 11) is 0. The van der Waals surface area contributed by atoms with Crippen LogP contribution < -0.4 is 0 Å². The van der Waals surface area contributed by atoms with Gasteiger partial charge >= 0.3 is 0 Å². The van der Waals surface area contributed by atoms with Gasteiger partial charge in [-0.1, -0.05) is 37.1 Å². The first kappa shape index (κ1) is 11.0. The molecule has 0 radical (unpaired) electrons. The fourth-order valence-corrected chi connectivity index (χ4v) is 3.06. The first-order chi connectivity index (χ1) is 7.26. The van der Waals surface area contributed by atoms with Gasteiger partial charge in [0, 0.05) is 5.88 Å². The summed E-state index contributed by atoms with van der Waals surface area (Å²) in [5.41, 5.74) is 3.29. The van der Waals surface area contributed by atoms with Crippen LogP contribution in [0.2, 0.25) is 0 Å². The van der Waals surface area contributed by atoms with E-state index in [4.69, 9.17) is 11.6 Å².